The summed E-state index contributed by atoms with van der Waals surface area (Å²) in [4.78, 5) is 16.1. The number of nitrogens with zero attached hydrogens (tertiary/aromatic N) is 1. The van der Waals surface area contributed by atoms with Crippen LogP contribution in [0.25, 0.3) is 0 Å². The number of carbonyl (C=O) groups excluding carboxylic acids is 1. The fraction of sp³-hybridized carbons (Fsp3) is 0.0769. The van der Waals surface area contributed by atoms with Crippen LogP contribution in [-0.2, 0) is 0 Å². The smallest absolute Gasteiger partial charge is 0.259 e. The zero-order valence-electron chi connectivity index (χ0n) is 10.1. The number of nitrogens with one attached hydrogen (secondary N) is 1. The van der Waals surface area contributed by atoms with Crippen LogP contribution in [0.15, 0.2) is 30.5 Å². The summed E-state index contributed by atoms with van der Waals surface area (Å²) in [7, 11) is 0. The van der Waals surface area contributed by atoms with Gasteiger partial charge in [-0.05, 0) is 31.2 Å². The molecule has 98 valence electrons. The Kier molecular flexibility index (Phi) is 3.93. The normalized spacial score (nSPS) is 10.3. The molecule has 2 aromatic rings. The highest BCUT2D eigenvalue weighted by molar-refractivity contribution is 6.35. The number of carbonyl (C=O) groups is 1. The van der Waals surface area contributed by atoms with Crippen LogP contribution in [0.3, 0.4) is 0 Å². The Bertz CT molecular complexity index is 624. The summed E-state index contributed by atoms with van der Waals surface area (Å²) in [5.74, 6) is -0.358. The van der Waals surface area contributed by atoms with Crippen LogP contribution in [0.4, 0.5) is 11.4 Å². The number of rotatable bonds is 2. The van der Waals surface area contributed by atoms with Gasteiger partial charge in [0, 0.05) is 33.3 Å². The number of hydrogen-bond acceptors (Lipinski definition) is 3. The lowest BCUT2D eigenvalue weighted by Crippen LogP contribution is -2.14. The van der Waals surface area contributed by atoms with Crippen LogP contribution in [0.5, 0.6) is 0 Å². The Morgan fingerprint density at radius 1 is 1.21 bits per heavy atom. The SMILES string of the molecule is Cc1cc(N)c(C(=O)Nc2cc(Cl)cc(Cl)c2)cn1. The van der Waals surface area contributed by atoms with Gasteiger partial charge in [0.1, 0.15) is 0 Å². The van der Waals surface area contributed by atoms with Crippen molar-refractivity contribution in [2.45, 2.75) is 6.92 Å². The number of hydrogen-bond donors (Lipinski definition) is 2. The second-order valence-corrected chi connectivity index (χ2v) is 4.90. The van der Waals surface area contributed by atoms with Crippen molar-refractivity contribution >= 4 is 40.5 Å². The fourth-order valence-electron chi connectivity index (χ4n) is 1.60. The molecule has 2 rings (SSSR count). The van der Waals surface area contributed by atoms with Gasteiger partial charge in [-0.1, -0.05) is 23.2 Å². The molecule has 1 aromatic heterocycles. The summed E-state index contributed by atoms with van der Waals surface area (Å²) in [5.41, 5.74) is 7.72. The number of anilines is 2. The van der Waals surface area contributed by atoms with E-state index in [1.165, 1.54) is 6.20 Å². The predicted molar refractivity (Wildman–Crippen MR) is 77.8 cm³/mol. The molecule has 0 atom stereocenters. The molecule has 1 amide bonds. The summed E-state index contributed by atoms with van der Waals surface area (Å²) < 4.78 is 0. The van der Waals surface area contributed by atoms with E-state index in [2.05, 4.69) is 10.3 Å². The van der Waals surface area contributed by atoms with E-state index < -0.39 is 0 Å². The van der Waals surface area contributed by atoms with Crippen molar-refractivity contribution in [2.75, 3.05) is 11.1 Å². The molecule has 0 aliphatic carbocycles. The zero-order valence-corrected chi connectivity index (χ0v) is 11.6. The summed E-state index contributed by atoms with van der Waals surface area (Å²) in [6.45, 7) is 1.80. The van der Waals surface area contributed by atoms with Gasteiger partial charge in [-0.3, -0.25) is 9.78 Å². The minimum Gasteiger partial charge on any atom is -0.398 e. The molecule has 0 radical (unpaired) electrons. The van der Waals surface area contributed by atoms with E-state index in [4.69, 9.17) is 28.9 Å². The summed E-state index contributed by atoms with van der Waals surface area (Å²) in [6, 6.07) is 6.42. The van der Waals surface area contributed by atoms with Gasteiger partial charge in [0.05, 0.1) is 5.56 Å². The van der Waals surface area contributed by atoms with E-state index in [1.54, 1.807) is 31.2 Å². The van der Waals surface area contributed by atoms with Gasteiger partial charge in [0.25, 0.3) is 5.91 Å². The highest BCUT2D eigenvalue weighted by atomic mass is 35.5. The average Bonchev–Trinajstić information content (AvgIpc) is 2.26. The van der Waals surface area contributed by atoms with E-state index >= 15 is 0 Å². The van der Waals surface area contributed by atoms with E-state index in [1.807, 2.05) is 0 Å². The molecule has 0 fully saturated rings. The molecule has 0 saturated carbocycles. The molecule has 0 spiro atoms. The molecule has 19 heavy (non-hydrogen) atoms. The molecular formula is C13H11Cl2N3O. The largest absolute Gasteiger partial charge is 0.398 e. The molecular weight excluding hydrogens is 285 g/mol. The standard InChI is InChI=1S/C13H11Cl2N3O/c1-7-2-12(16)11(6-17-7)13(19)18-10-4-8(14)3-9(15)5-10/h2-6H,1H3,(H2,16,17)(H,18,19). The monoisotopic (exact) mass is 295 g/mol. The van der Waals surface area contributed by atoms with Gasteiger partial charge in [0.15, 0.2) is 0 Å². The Hall–Kier alpha value is -1.78. The third-order valence-corrected chi connectivity index (χ3v) is 2.87. The van der Waals surface area contributed by atoms with Crippen LogP contribution in [0, 0.1) is 6.92 Å². The van der Waals surface area contributed by atoms with Gasteiger partial charge in [-0.25, -0.2) is 0 Å². The van der Waals surface area contributed by atoms with Gasteiger partial charge < -0.3 is 11.1 Å². The highest BCUT2D eigenvalue weighted by Gasteiger charge is 2.11. The quantitative estimate of drug-likeness (QED) is 0.890. The molecule has 0 aliphatic heterocycles. The topological polar surface area (TPSA) is 68.0 Å². The fourth-order valence-corrected chi connectivity index (χ4v) is 2.12. The number of pyridine rings is 1. The Balaban J connectivity index is 2.25. The van der Waals surface area contributed by atoms with Gasteiger partial charge in [0.2, 0.25) is 0 Å². The number of benzene rings is 1. The maximum absolute atomic E-state index is 12.1. The lowest BCUT2D eigenvalue weighted by atomic mass is 10.2. The Labute approximate surface area is 120 Å². The van der Waals surface area contributed by atoms with Crippen molar-refractivity contribution < 1.29 is 4.79 Å². The van der Waals surface area contributed by atoms with Gasteiger partial charge >= 0.3 is 0 Å². The molecule has 0 unspecified atom stereocenters. The van der Waals surface area contributed by atoms with Crippen molar-refractivity contribution in [3.05, 3.63) is 51.8 Å². The molecule has 4 nitrogen and oxygen atoms in total. The number of nitrogen functional groups attached to an aromatic ring is 1. The number of nitrogens with two attached hydrogens (primary N) is 1. The van der Waals surface area contributed by atoms with E-state index in [0.717, 1.165) is 5.69 Å². The molecule has 6 heteroatoms. The van der Waals surface area contributed by atoms with Gasteiger partial charge in [-0.2, -0.15) is 0 Å². The maximum Gasteiger partial charge on any atom is 0.259 e. The van der Waals surface area contributed by atoms with E-state index in [9.17, 15) is 4.79 Å². The first-order valence-electron chi connectivity index (χ1n) is 5.45. The first-order valence-corrected chi connectivity index (χ1v) is 6.21. The molecule has 0 aliphatic rings. The molecule has 0 saturated heterocycles. The lowest BCUT2D eigenvalue weighted by molar-refractivity contribution is 0.102. The summed E-state index contributed by atoms with van der Waals surface area (Å²) >= 11 is 11.7. The molecule has 3 N–H and O–H groups in total. The van der Waals surface area contributed by atoms with Crippen LogP contribution in [-0.4, -0.2) is 10.9 Å². The van der Waals surface area contributed by atoms with Crippen LogP contribution < -0.4 is 11.1 Å². The van der Waals surface area contributed by atoms with Gasteiger partial charge in [-0.15, -0.1) is 0 Å². The first kappa shape index (κ1) is 13.6. The number of halogens is 2. The van der Waals surface area contributed by atoms with E-state index in [-0.39, 0.29) is 5.91 Å². The zero-order chi connectivity index (χ0) is 14.0. The third kappa shape index (κ3) is 3.36. The van der Waals surface area contributed by atoms with Crippen molar-refractivity contribution in [1.29, 1.82) is 0 Å². The second kappa shape index (κ2) is 5.47. The van der Waals surface area contributed by atoms with E-state index in [0.29, 0.717) is 27.0 Å². The predicted octanol–water partition coefficient (Wildman–Crippen LogP) is 3.53. The van der Waals surface area contributed by atoms with Crippen molar-refractivity contribution in [1.82, 2.24) is 4.98 Å². The number of aromatic nitrogens is 1. The van der Waals surface area contributed by atoms with Crippen molar-refractivity contribution in [3.8, 4) is 0 Å². The van der Waals surface area contributed by atoms with Crippen molar-refractivity contribution in [2.24, 2.45) is 0 Å². The molecule has 1 aromatic carbocycles. The third-order valence-electron chi connectivity index (χ3n) is 2.44. The average molecular weight is 296 g/mol. The highest BCUT2D eigenvalue weighted by Crippen LogP contribution is 2.23. The molecule has 0 bridgehead atoms. The minimum atomic E-state index is -0.358. The lowest BCUT2D eigenvalue weighted by Gasteiger charge is -2.08. The minimum absolute atomic E-state index is 0.307. The Morgan fingerprint density at radius 3 is 2.42 bits per heavy atom. The van der Waals surface area contributed by atoms with Crippen LogP contribution in [0.2, 0.25) is 10.0 Å². The van der Waals surface area contributed by atoms with Crippen LogP contribution in [0.1, 0.15) is 16.1 Å². The number of aryl methyl sites for hydroxylation is 1. The first-order chi connectivity index (χ1) is 8.95. The Morgan fingerprint density at radius 2 is 1.84 bits per heavy atom. The second-order valence-electron chi connectivity index (χ2n) is 4.03. The summed E-state index contributed by atoms with van der Waals surface area (Å²) in [5, 5.41) is 3.56. The van der Waals surface area contributed by atoms with Crippen LogP contribution >= 0.6 is 23.2 Å². The maximum atomic E-state index is 12.1. The molecule has 1 heterocycles. The number of amides is 1. The summed E-state index contributed by atoms with van der Waals surface area (Å²) in [6.07, 6.45) is 1.44. The van der Waals surface area contributed by atoms with Crippen molar-refractivity contribution in [3.63, 3.8) is 0 Å².